The van der Waals surface area contributed by atoms with Gasteiger partial charge in [0.05, 0.1) is 6.10 Å². The van der Waals surface area contributed by atoms with Crippen LogP contribution in [-0.2, 0) is 11.8 Å². The molecule has 7 nitrogen and oxygen atoms in total. The fraction of sp³-hybridized carbons (Fsp3) is 0.261. The zero-order chi connectivity index (χ0) is 20.9. The van der Waals surface area contributed by atoms with Gasteiger partial charge in [0.2, 0.25) is 5.78 Å². The quantitative estimate of drug-likeness (QED) is 0.609. The second-order valence-corrected chi connectivity index (χ2v) is 7.19. The molecule has 1 saturated heterocycles. The van der Waals surface area contributed by atoms with Gasteiger partial charge < -0.3 is 19.4 Å². The van der Waals surface area contributed by atoms with Gasteiger partial charge in [0.25, 0.3) is 5.91 Å². The van der Waals surface area contributed by atoms with Crippen molar-refractivity contribution in [2.45, 2.75) is 18.9 Å². The summed E-state index contributed by atoms with van der Waals surface area (Å²) < 4.78 is 12.9. The highest BCUT2D eigenvalue weighted by Crippen LogP contribution is 2.18. The third-order valence-corrected chi connectivity index (χ3v) is 5.01. The molecule has 1 atom stereocenters. The molecule has 0 radical (unpaired) electrons. The van der Waals surface area contributed by atoms with Gasteiger partial charge in [-0.05, 0) is 61.4 Å². The minimum atomic E-state index is -0.233. The molecule has 0 saturated carbocycles. The summed E-state index contributed by atoms with van der Waals surface area (Å²) in [6.45, 7) is 1.32. The second-order valence-electron chi connectivity index (χ2n) is 7.19. The molecular formula is C23H23N3O4. The van der Waals surface area contributed by atoms with Gasteiger partial charge in [-0.1, -0.05) is 0 Å². The highest BCUT2D eigenvalue weighted by molar-refractivity contribution is 6.07. The highest BCUT2D eigenvalue weighted by Gasteiger charge is 2.16. The van der Waals surface area contributed by atoms with E-state index in [1.54, 1.807) is 72.5 Å². The summed E-state index contributed by atoms with van der Waals surface area (Å²) >= 11 is 0. The second kappa shape index (κ2) is 8.92. The fourth-order valence-corrected chi connectivity index (χ4v) is 3.29. The molecule has 30 heavy (non-hydrogen) atoms. The van der Waals surface area contributed by atoms with E-state index in [4.69, 9.17) is 9.47 Å². The van der Waals surface area contributed by atoms with Crippen molar-refractivity contribution in [3.63, 3.8) is 0 Å². The van der Waals surface area contributed by atoms with Crippen LogP contribution in [0.1, 0.15) is 39.4 Å². The first-order valence-electron chi connectivity index (χ1n) is 9.88. The van der Waals surface area contributed by atoms with Crippen LogP contribution in [0, 0.1) is 0 Å². The third-order valence-electron chi connectivity index (χ3n) is 5.01. The van der Waals surface area contributed by atoms with E-state index in [2.05, 4.69) is 10.3 Å². The van der Waals surface area contributed by atoms with E-state index in [1.165, 1.54) is 0 Å². The van der Waals surface area contributed by atoms with E-state index in [0.717, 1.165) is 19.4 Å². The van der Waals surface area contributed by atoms with Crippen molar-refractivity contribution >= 4 is 17.4 Å². The number of hydrogen-bond donors (Lipinski definition) is 1. The number of nitrogens with zero attached hydrogens (tertiary/aromatic N) is 2. The highest BCUT2D eigenvalue weighted by atomic mass is 16.5. The Morgan fingerprint density at radius 3 is 2.50 bits per heavy atom. The summed E-state index contributed by atoms with van der Waals surface area (Å²) in [5, 5.41) is 2.83. The van der Waals surface area contributed by atoms with Crippen LogP contribution in [0.2, 0.25) is 0 Å². The summed E-state index contributed by atoms with van der Waals surface area (Å²) in [4.78, 5) is 29.0. The molecule has 1 N–H and O–H groups in total. The van der Waals surface area contributed by atoms with Crippen LogP contribution in [-0.4, -0.2) is 40.6 Å². The topological polar surface area (TPSA) is 82.5 Å². The Morgan fingerprint density at radius 2 is 1.87 bits per heavy atom. The van der Waals surface area contributed by atoms with Gasteiger partial charge in [0, 0.05) is 42.9 Å². The number of hydrogen-bond acceptors (Lipinski definition) is 5. The number of nitrogens with one attached hydrogen (secondary N) is 1. The van der Waals surface area contributed by atoms with Crippen LogP contribution in [0.25, 0.3) is 0 Å². The predicted molar refractivity (Wildman–Crippen MR) is 112 cm³/mol. The molecule has 1 aliphatic rings. The molecule has 2 heterocycles. The fourth-order valence-electron chi connectivity index (χ4n) is 3.29. The molecule has 1 fully saturated rings. The Balaban J connectivity index is 1.34. The van der Waals surface area contributed by atoms with Gasteiger partial charge in [-0.3, -0.25) is 9.59 Å². The minimum absolute atomic E-state index is 0.153. The van der Waals surface area contributed by atoms with E-state index in [9.17, 15) is 9.59 Å². The van der Waals surface area contributed by atoms with Gasteiger partial charge in [0.1, 0.15) is 12.4 Å². The van der Waals surface area contributed by atoms with Gasteiger partial charge in [-0.2, -0.15) is 0 Å². The maximum atomic E-state index is 12.5. The lowest BCUT2D eigenvalue weighted by Crippen LogP contribution is -2.16. The SMILES string of the molecule is Cn1ccnc1C(=O)c1ccc(NC(=O)c2ccc(OC[C@H]3CCCO3)cc2)cc1. The van der Waals surface area contributed by atoms with Crippen molar-refractivity contribution in [3.8, 4) is 5.75 Å². The molecule has 1 amide bonds. The summed E-state index contributed by atoms with van der Waals surface area (Å²) in [5.74, 6) is 0.676. The average Bonchev–Trinajstić information content (AvgIpc) is 3.44. The molecule has 0 spiro atoms. The standard InChI is InChI=1S/C23H23N3O4/c1-26-13-12-24-22(26)21(27)16-4-8-18(9-5-16)25-23(28)17-6-10-19(11-7-17)30-15-20-3-2-14-29-20/h4-13,20H,2-3,14-15H2,1H3,(H,25,28)/t20-/m1/s1. The molecule has 4 rings (SSSR count). The number of imidazole rings is 1. The smallest absolute Gasteiger partial charge is 0.255 e. The van der Waals surface area contributed by atoms with Gasteiger partial charge >= 0.3 is 0 Å². The molecule has 1 aliphatic heterocycles. The summed E-state index contributed by atoms with van der Waals surface area (Å²) in [6.07, 6.45) is 5.55. The van der Waals surface area contributed by atoms with Crippen LogP contribution in [0.4, 0.5) is 5.69 Å². The number of benzene rings is 2. The van der Waals surface area contributed by atoms with Crippen molar-refractivity contribution in [2.24, 2.45) is 7.05 Å². The first kappa shape index (κ1) is 19.8. The van der Waals surface area contributed by atoms with Crippen molar-refractivity contribution in [3.05, 3.63) is 77.9 Å². The molecule has 1 aromatic heterocycles. The number of ketones is 1. The van der Waals surface area contributed by atoms with Crippen molar-refractivity contribution < 1.29 is 19.1 Å². The van der Waals surface area contributed by atoms with Crippen molar-refractivity contribution in [2.75, 3.05) is 18.5 Å². The van der Waals surface area contributed by atoms with E-state index in [-0.39, 0.29) is 17.8 Å². The lowest BCUT2D eigenvalue weighted by molar-refractivity contribution is 0.0679. The zero-order valence-corrected chi connectivity index (χ0v) is 16.7. The van der Waals surface area contributed by atoms with Gasteiger partial charge in [-0.15, -0.1) is 0 Å². The number of rotatable bonds is 7. The van der Waals surface area contributed by atoms with Crippen molar-refractivity contribution in [1.29, 1.82) is 0 Å². The number of amides is 1. The molecule has 3 aromatic rings. The van der Waals surface area contributed by atoms with Crippen LogP contribution in [0.5, 0.6) is 5.75 Å². The number of anilines is 1. The van der Waals surface area contributed by atoms with E-state index >= 15 is 0 Å². The molecule has 0 aliphatic carbocycles. The lowest BCUT2D eigenvalue weighted by Gasteiger charge is -2.12. The first-order valence-corrected chi connectivity index (χ1v) is 9.88. The Bertz CT molecular complexity index is 1020. The Morgan fingerprint density at radius 1 is 1.13 bits per heavy atom. The van der Waals surface area contributed by atoms with Crippen LogP contribution in [0.3, 0.4) is 0 Å². The van der Waals surface area contributed by atoms with Crippen LogP contribution in [0.15, 0.2) is 60.9 Å². The van der Waals surface area contributed by atoms with Gasteiger partial charge in [-0.25, -0.2) is 4.98 Å². The maximum absolute atomic E-state index is 12.5. The number of ether oxygens (including phenoxy) is 2. The van der Waals surface area contributed by atoms with Gasteiger partial charge in [0.15, 0.2) is 5.82 Å². The van der Waals surface area contributed by atoms with E-state index < -0.39 is 0 Å². The monoisotopic (exact) mass is 405 g/mol. The van der Waals surface area contributed by atoms with Crippen LogP contribution < -0.4 is 10.1 Å². The molecule has 2 aromatic carbocycles. The number of aromatic nitrogens is 2. The third kappa shape index (κ3) is 4.58. The molecular weight excluding hydrogens is 382 g/mol. The predicted octanol–water partition coefficient (Wildman–Crippen LogP) is 3.46. The average molecular weight is 405 g/mol. The minimum Gasteiger partial charge on any atom is -0.491 e. The first-order chi connectivity index (χ1) is 14.6. The zero-order valence-electron chi connectivity index (χ0n) is 16.7. The molecule has 0 bridgehead atoms. The molecule has 0 unspecified atom stereocenters. The Kier molecular flexibility index (Phi) is 5.90. The van der Waals surface area contributed by atoms with E-state index in [1.807, 2.05) is 0 Å². The summed E-state index contributed by atoms with van der Waals surface area (Å²) in [6, 6.07) is 13.7. The summed E-state index contributed by atoms with van der Waals surface area (Å²) in [7, 11) is 1.77. The van der Waals surface area contributed by atoms with E-state index in [0.29, 0.717) is 35.0 Å². The largest absolute Gasteiger partial charge is 0.491 e. The number of aryl methyl sites for hydroxylation is 1. The number of carbonyl (C=O) groups is 2. The Hall–Kier alpha value is -3.45. The Labute approximate surface area is 174 Å². The number of carbonyl (C=O) groups excluding carboxylic acids is 2. The lowest BCUT2D eigenvalue weighted by atomic mass is 10.1. The normalized spacial score (nSPS) is 15.7. The van der Waals surface area contributed by atoms with Crippen molar-refractivity contribution in [1.82, 2.24) is 9.55 Å². The molecule has 7 heteroatoms. The summed E-state index contributed by atoms with van der Waals surface area (Å²) in [5.41, 5.74) is 1.64. The maximum Gasteiger partial charge on any atom is 0.255 e. The van der Waals surface area contributed by atoms with Crippen LogP contribution >= 0.6 is 0 Å². The molecule has 154 valence electrons.